The molecule has 0 radical (unpaired) electrons. The normalized spacial score (nSPS) is 23.5. The highest BCUT2D eigenvalue weighted by Gasteiger charge is 2.35. The van der Waals surface area contributed by atoms with Crippen LogP contribution in [0.5, 0.6) is 5.75 Å². The minimum Gasteiger partial charge on any atom is -0.494 e. The summed E-state index contributed by atoms with van der Waals surface area (Å²) in [6.07, 6.45) is 4.18. The summed E-state index contributed by atoms with van der Waals surface area (Å²) in [5, 5.41) is 7.00. The molecule has 1 aromatic carbocycles. The third kappa shape index (κ3) is 6.72. The van der Waals surface area contributed by atoms with Crippen LogP contribution in [0.25, 0.3) is 0 Å². The maximum absolute atomic E-state index is 5.89. The van der Waals surface area contributed by atoms with Crippen LogP contribution in [0.15, 0.2) is 29.3 Å². The fraction of sp³-hybridized carbons (Fsp3) is 0.696. The van der Waals surface area contributed by atoms with Crippen molar-refractivity contribution in [3.8, 4) is 5.75 Å². The number of aliphatic imine (C=N–C) groups is 1. The molecule has 0 saturated carbocycles. The van der Waals surface area contributed by atoms with Crippen molar-refractivity contribution >= 4 is 29.9 Å². The number of ether oxygens (including phenoxy) is 3. The summed E-state index contributed by atoms with van der Waals surface area (Å²) < 4.78 is 17.2. The van der Waals surface area contributed by atoms with Crippen molar-refractivity contribution in [2.45, 2.75) is 57.5 Å². The van der Waals surface area contributed by atoms with Crippen LogP contribution < -0.4 is 15.4 Å². The average molecular weight is 531 g/mol. The van der Waals surface area contributed by atoms with E-state index in [1.54, 1.807) is 0 Å². The summed E-state index contributed by atoms with van der Waals surface area (Å²) in [6, 6.07) is 8.56. The van der Waals surface area contributed by atoms with Gasteiger partial charge in [0.25, 0.3) is 0 Å². The molecule has 2 saturated heterocycles. The molecular weight excluding hydrogens is 493 g/mol. The zero-order valence-corrected chi connectivity index (χ0v) is 21.0. The van der Waals surface area contributed by atoms with Gasteiger partial charge < -0.3 is 24.8 Å². The predicted octanol–water partition coefficient (Wildman–Crippen LogP) is 3.88. The van der Waals surface area contributed by atoms with Crippen LogP contribution in [0.1, 0.15) is 52.0 Å². The third-order valence-electron chi connectivity index (χ3n) is 6.04. The molecule has 0 aromatic heterocycles. The Labute approximate surface area is 198 Å². The Morgan fingerprint density at radius 2 is 1.80 bits per heavy atom. The molecule has 2 heterocycles. The fourth-order valence-corrected chi connectivity index (χ4v) is 4.20. The van der Waals surface area contributed by atoms with Gasteiger partial charge in [0, 0.05) is 38.3 Å². The zero-order chi connectivity index (χ0) is 20.6. The molecule has 0 spiro atoms. The largest absolute Gasteiger partial charge is 0.494 e. The van der Waals surface area contributed by atoms with Gasteiger partial charge in [0.2, 0.25) is 0 Å². The molecule has 2 aliphatic rings. The highest BCUT2D eigenvalue weighted by Crippen LogP contribution is 2.35. The number of hydrogen-bond acceptors (Lipinski definition) is 4. The van der Waals surface area contributed by atoms with Crippen LogP contribution in [0, 0.1) is 0 Å². The first-order valence-corrected chi connectivity index (χ1v) is 11.1. The lowest BCUT2D eigenvalue weighted by Gasteiger charge is -2.38. The van der Waals surface area contributed by atoms with E-state index in [9.17, 15) is 0 Å². The lowest BCUT2D eigenvalue weighted by atomic mass is 9.74. The molecule has 1 unspecified atom stereocenters. The summed E-state index contributed by atoms with van der Waals surface area (Å²) in [5.74, 6) is 1.78. The van der Waals surface area contributed by atoms with Gasteiger partial charge >= 0.3 is 0 Å². The summed E-state index contributed by atoms with van der Waals surface area (Å²) >= 11 is 0. The Kier molecular flexibility index (Phi) is 10.2. The van der Waals surface area contributed by atoms with Crippen molar-refractivity contribution in [1.82, 2.24) is 10.6 Å². The van der Waals surface area contributed by atoms with E-state index in [1.165, 1.54) is 5.56 Å². The standard InChI is InChI=1S/C23H37N3O3.HI/c1-4-24-21(25-17-22(3)11-6-14-29-22)26-18-23(12-15-27-16-13-23)19-7-9-20(10-8-19)28-5-2;/h7-10H,4-6,11-18H2,1-3H3,(H2,24,25,26);1H. The summed E-state index contributed by atoms with van der Waals surface area (Å²) in [6.45, 7) is 11.7. The number of nitrogens with one attached hydrogen (secondary N) is 2. The molecule has 0 aliphatic carbocycles. The number of hydrogen-bond donors (Lipinski definition) is 2. The van der Waals surface area contributed by atoms with Crippen LogP contribution in [0.3, 0.4) is 0 Å². The Balaban J connectivity index is 0.00000320. The monoisotopic (exact) mass is 531 g/mol. The molecule has 30 heavy (non-hydrogen) atoms. The van der Waals surface area contributed by atoms with Gasteiger partial charge in [0.1, 0.15) is 5.75 Å². The number of nitrogens with zero attached hydrogens (tertiary/aromatic N) is 1. The lowest BCUT2D eigenvalue weighted by molar-refractivity contribution is 0.0283. The first-order chi connectivity index (χ1) is 14.1. The van der Waals surface area contributed by atoms with Crippen LogP contribution in [0.2, 0.25) is 0 Å². The van der Waals surface area contributed by atoms with E-state index < -0.39 is 0 Å². The second-order valence-corrected chi connectivity index (χ2v) is 8.30. The van der Waals surface area contributed by atoms with E-state index in [0.29, 0.717) is 13.2 Å². The second kappa shape index (κ2) is 12.1. The van der Waals surface area contributed by atoms with E-state index in [-0.39, 0.29) is 35.0 Å². The first kappa shape index (κ1) is 25.2. The number of guanidine groups is 1. The maximum atomic E-state index is 5.89. The van der Waals surface area contributed by atoms with Gasteiger partial charge in [-0.3, -0.25) is 4.99 Å². The Hall–Kier alpha value is -1.06. The molecule has 6 nitrogen and oxygen atoms in total. The van der Waals surface area contributed by atoms with Gasteiger partial charge in [-0.05, 0) is 64.2 Å². The van der Waals surface area contributed by atoms with Crippen LogP contribution in [-0.2, 0) is 14.9 Å². The second-order valence-electron chi connectivity index (χ2n) is 8.30. The van der Waals surface area contributed by atoms with E-state index in [2.05, 4.69) is 48.7 Å². The van der Waals surface area contributed by atoms with Crippen LogP contribution >= 0.6 is 24.0 Å². The molecule has 0 amide bonds. The van der Waals surface area contributed by atoms with E-state index in [4.69, 9.17) is 19.2 Å². The molecule has 2 N–H and O–H groups in total. The average Bonchev–Trinajstić information content (AvgIpc) is 3.18. The molecule has 170 valence electrons. The summed E-state index contributed by atoms with van der Waals surface area (Å²) in [7, 11) is 0. The fourth-order valence-electron chi connectivity index (χ4n) is 4.20. The SMILES string of the molecule is CCNC(=NCC1(C)CCCO1)NCC1(c2ccc(OCC)cc2)CCOCC1.I. The van der Waals surface area contributed by atoms with E-state index in [0.717, 1.165) is 70.3 Å². The van der Waals surface area contributed by atoms with Gasteiger partial charge in [-0.2, -0.15) is 0 Å². The van der Waals surface area contributed by atoms with Gasteiger partial charge in [0.15, 0.2) is 5.96 Å². The Morgan fingerprint density at radius 3 is 2.40 bits per heavy atom. The highest BCUT2D eigenvalue weighted by atomic mass is 127. The summed E-state index contributed by atoms with van der Waals surface area (Å²) in [5.41, 5.74) is 1.24. The van der Waals surface area contributed by atoms with Crippen molar-refractivity contribution in [1.29, 1.82) is 0 Å². The number of rotatable bonds is 8. The predicted molar refractivity (Wildman–Crippen MR) is 132 cm³/mol. The molecule has 7 heteroatoms. The number of benzene rings is 1. The van der Waals surface area contributed by atoms with E-state index in [1.807, 2.05) is 6.92 Å². The van der Waals surface area contributed by atoms with Crippen molar-refractivity contribution in [2.24, 2.45) is 4.99 Å². The molecule has 2 fully saturated rings. The van der Waals surface area contributed by atoms with Gasteiger partial charge in [0.05, 0.1) is 18.8 Å². The quantitative estimate of drug-likeness (QED) is 0.303. The lowest BCUT2D eigenvalue weighted by Crippen LogP contribution is -2.48. The zero-order valence-electron chi connectivity index (χ0n) is 18.7. The Morgan fingerprint density at radius 1 is 1.07 bits per heavy atom. The Bertz CT molecular complexity index is 654. The van der Waals surface area contributed by atoms with Crippen LogP contribution in [-0.4, -0.2) is 57.6 Å². The third-order valence-corrected chi connectivity index (χ3v) is 6.04. The van der Waals surface area contributed by atoms with E-state index >= 15 is 0 Å². The minimum absolute atomic E-state index is 0. The maximum Gasteiger partial charge on any atom is 0.191 e. The van der Waals surface area contributed by atoms with Crippen molar-refractivity contribution < 1.29 is 14.2 Å². The number of halogens is 1. The highest BCUT2D eigenvalue weighted by molar-refractivity contribution is 14.0. The molecule has 2 aliphatic heterocycles. The molecule has 3 rings (SSSR count). The van der Waals surface area contributed by atoms with Gasteiger partial charge in [-0.1, -0.05) is 12.1 Å². The molecule has 0 bridgehead atoms. The topological polar surface area (TPSA) is 64.1 Å². The minimum atomic E-state index is -0.131. The van der Waals surface area contributed by atoms with Gasteiger partial charge in [-0.15, -0.1) is 24.0 Å². The van der Waals surface area contributed by atoms with Crippen molar-refractivity contribution in [3.63, 3.8) is 0 Å². The van der Waals surface area contributed by atoms with Crippen molar-refractivity contribution in [2.75, 3.05) is 46.1 Å². The van der Waals surface area contributed by atoms with Crippen molar-refractivity contribution in [3.05, 3.63) is 29.8 Å². The van der Waals surface area contributed by atoms with Crippen LogP contribution in [0.4, 0.5) is 0 Å². The molecule has 1 aromatic rings. The summed E-state index contributed by atoms with van der Waals surface area (Å²) in [4.78, 5) is 4.83. The molecular formula is C23H38IN3O3. The van der Waals surface area contributed by atoms with Gasteiger partial charge in [-0.25, -0.2) is 0 Å². The molecule has 1 atom stereocenters. The first-order valence-electron chi connectivity index (χ1n) is 11.1. The smallest absolute Gasteiger partial charge is 0.191 e.